The Kier molecular flexibility index (Phi) is 6.54. The van der Waals surface area contributed by atoms with Crippen molar-refractivity contribution >= 4 is 15.6 Å². The van der Waals surface area contributed by atoms with Gasteiger partial charge in [0.2, 0.25) is 0 Å². The van der Waals surface area contributed by atoms with Crippen molar-refractivity contribution in [1.82, 2.24) is 5.32 Å². The van der Waals surface area contributed by atoms with Crippen molar-refractivity contribution in [3.05, 3.63) is 64.5 Å². The molecule has 0 bridgehead atoms. The number of nitrogens with one attached hydrogen (secondary N) is 1. The van der Waals surface area contributed by atoms with Crippen molar-refractivity contribution < 1.29 is 17.6 Å². The molecule has 1 N–H and O–H groups in total. The molecule has 1 aliphatic heterocycles. The molecule has 3 rings (SSSR count). The number of hydrogen-bond donors (Lipinski definition) is 1. The summed E-state index contributed by atoms with van der Waals surface area (Å²) in [6.45, 7) is 6.75. The Morgan fingerprint density at radius 1 is 1.17 bits per heavy atom. The zero-order valence-electron chi connectivity index (χ0n) is 17.2. The van der Waals surface area contributed by atoms with Gasteiger partial charge in [0.05, 0.1) is 10.6 Å². The second kappa shape index (κ2) is 8.76. The molecule has 2 aromatic rings. The summed E-state index contributed by atoms with van der Waals surface area (Å²) in [5.74, 6) is -0.658. The summed E-state index contributed by atoms with van der Waals surface area (Å²) < 4.78 is 40.1. The van der Waals surface area contributed by atoms with Crippen molar-refractivity contribution in [2.75, 3.05) is 0 Å². The van der Waals surface area contributed by atoms with Crippen LogP contribution < -0.4 is 5.32 Å². The fraction of sp³-hybridized carbons (Fsp3) is 0.435. The predicted octanol–water partition coefficient (Wildman–Crippen LogP) is 3.99. The fourth-order valence-electron chi connectivity index (χ4n) is 3.73. The largest absolute Gasteiger partial charge is 0.310 e. The molecule has 4 nitrogen and oxygen atoms in total. The Labute approximate surface area is 172 Å². The van der Waals surface area contributed by atoms with E-state index in [-0.39, 0.29) is 34.3 Å². The van der Waals surface area contributed by atoms with Crippen LogP contribution in [0.3, 0.4) is 0 Å². The average molecular weight is 418 g/mol. The number of halogens is 1. The van der Waals surface area contributed by atoms with Gasteiger partial charge in [-0.05, 0) is 53.6 Å². The van der Waals surface area contributed by atoms with Crippen LogP contribution in [0.5, 0.6) is 0 Å². The maximum absolute atomic E-state index is 14.5. The number of sulfone groups is 1. The lowest BCUT2D eigenvalue weighted by Crippen LogP contribution is -2.32. The number of benzene rings is 2. The lowest BCUT2D eigenvalue weighted by Gasteiger charge is -2.23. The molecular weight excluding hydrogens is 389 g/mol. The Balaban J connectivity index is 1.77. The van der Waals surface area contributed by atoms with Crippen LogP contribution in [0.25, 0.3) is 0 Å². The predicted molar refractivity (Wildman–Crippen MR) is 112 cm³/mol. The molecule has 0 radical (unpaired) electrons. The first kappa shape index (κ1) is 21.7. The van der Waals surface area contributed by atoms with Crippen LogP contribution in [-0.2, 0) is 39.8 Å². The molecule has 1 atom stereocenters. The van der Waals surface area contributed by atoms with Gasteiger partial charge in [-0.3, -0.25) is 4.79 Å². The number of rotatable bonds is 7. The second-order valence-electron chi connectivity index (χ2n) is 8.41. The third kappa shape index (κ3) is 5.52. The fourth-order valence-corrected chi connectivity index (χ4v) is 5.07. The Morgan fingerprint density at radius 2 is 1.93 bits per heavy atom. The van der Waals surface area contributed by atoms with Gasteiger partial charge < -0.3 is 5.32 Å². The van der Waals surface area contributed by atoms with Crippen LogP contribution >= 0.6 is 0 Å². The molecule has 29 heavy (non-hydrogen) atoms. The number of ketones is 1. The number of Topliss-reactive ketones (excluding diaryl/α,β-unsaturated/α-hetero) is 1. The van der Waals surface area contributed by atoms with Gasteiger partial charge in [-0.2, -0.15) is 0 Å². The standard InChI is InChI=1S/C23H28FNO3S/c1-15(2)8-21(26)11-18-6-7-22(12-23(18)24)29(27,28)14-17-4-5-19-13-25-16(3)9-20(19)10-17/h4-7,10,12,15-16,25H,8-9,11,13-14H2,1-3H3. The van der Waals surface area contributed by atoms with Gasteiger partial charge in [0.15, 0.2) is 9.84 Å². The molecule has 156 valence electrons. The van der Waals surface area contributed by atoms with Crippen LogP contribution in [0.2, 0.25) is 0 Å². The summed E-state index contributed by atoms with van der Waals surface area (Å²) in [5.41, 5.74) is 3.29. The van der Waals surface area contributed by atoms with Crippen LogP contribution in [0.1, 0.15) is 49.4 Å². The lowest BCUT2D eigenvalue weighted by atomic mass is 9.95. The molecule has 1 aliphatic rings. The molecule has 0 fully saturated rings. The van der Waals surface area contributed by atoms with E-state index in [9.17, 15) is 17.6 Å². The summed E-state index contributed by atoms with van der Waals surface area (Å²) in [6.07, 6.45) is 1.23. The summed E-state index contributed by atoms with van der Waals surface area (Å²) in [4.78, 5) is 11.9. The molecule has 0 aromatic heterocycles. The van der Waals surface area contributed by atoms with Crippen LogP contribution in [0.15, 0.2) is 41.3 Å². The van der Waals surface area contributed by atoms with E-state index in [2.05, 4.69) is 12.2 Å². The SMILES string of the molecule is CC(C)CC(=O)Cc1ccc(S(=O)(=O)Cc2ccc3c(c2)CC(C)NC3)cc1F. The molecule has 2 aromatic carbocycles. The normalized spacial score (nSPS) is 16.7. The Bertz CT molecular complexity index is 1010. The summed E-state index contributed by atoms with van der Waals surface area (Å²) in [6, 6.07) is 9.94. The zero-order chi connectivity index (χ0) is 21.2. The highest BCUT2D eigenvalue weighted by atomic mass is 32.2. The number of carbonyl (C=O) groups excluding carboxylic acids is 1. The maximum atomic E-state index is 14.5. The molecule has 1 heterocycles. The molecule has 1 unspecified atom stereocenters. The summed E-state index contributed by atoms with van der Waals surface area (Å²) >= 11 is 0. The van der Waals surface area contributed by atoms with Gasteiger partial charge in [-0.15, -0.1) is 0 Å². The lowest BCUT2D eigenvalue weighted by molar-refractivity contribution is -0.119. The molecule has 0 aliphatic carbocycles. The first-order chi connectivity index (χ1) is 13.6. The minimum atomic E-state index is -3.68. The van der Waals surface area contributed by atoms with Gasteiger partial charge in [0, 0.05) is 25.4 Å². The maximum Gasteiger partial charge on any atom is 0.182 e. The number of carbonyl (C=O) groups is 1. The molecule has 6 heteroatoms. The van der Waals surface area contributed by atoms with Crippen LogP contribution in [-0.4, -0.2) is 20.2 Å². The van der Waals surface area contributed by atoms with Crippen molar-refractivity contribution in [3.8, 4) is 0 Å². The molecule has 0 saturated carbocycles. The zero-order valence-corrected chi connectivity index (χ0v) is 18.0. The minimum absolute atomic E-state index is 0.0125. The van der Waals surface area contributed by atoms with E-state index >= 15 is 0 Å². The molecule has 0 spiro atoms. The molecule has 0 amide bonds. The molecular formula is C23H28FNO3S. The van der Waals surface area contributed by atoms with Gasteiger partial charge in [0.25, 0.3) is 0 Å². The Hall–Kier alpha value is -2.05. The van der Waals surface area contributed by atoms with Gasteiger partial charge in [0.1, 0.15) is 11.6 Å². The highest BCUT2D eigenvalue weighted by molar-refractivity contribution is 7.90. The average Bonchev–Trinajstić information content (AvgIpc) is 2.62. The van der Waals surface area contributed by atoms with E-state index in [1.165, 1.54) is 17.7 Å². The highest BCUT2D eigenvalue weighted by Gasteiger charge is 2.20. The first-order valence-corrected chi connectivity index (χ1v) is 11.7. The van der Waals surface area contributed by atoms with E-state index in [0.717, 1.165) is 24.6 Å². The monoisotopic (exact) mass is 417 g/mol. The second-order valence-corrected chi connectivity index (χ2v) is 10.4. The van der Waals surface area contributed by atoms with E-state index in [4.69, 9.17) is 0 Å². The van der Waals surface area contributed by atoms with E-state index in [1.54, 1.807) is 0 Å². The summed E-state index contributed by atoms with van der Waals surface area (Å²) in [7, 11) is -3.68. The minimum Gasteiger partial charge on any atom is -0.310 e. The van der Waals surface area contributed by atoms with Crippen molar-refractivity contribution in [2.24, 2.45) is 5.92 Å². The van der Waals surface area contributed by atoms with Gasteiger partial charge >= 0.3 is 0 Å². The van der Waals surface area contributed by atoms with Gasteiger partial charge in [-0.25, -0.2) is 12.8 Å². The first-order valence-electron chi connectivity index (χ1n) is 10.0. The summed E-state index contributed by atoms with van der Waals surface area (Å²) in [5, 5.41) is 3.38. The smallest absolute Gasteiger partial charge is 0.182 e. The van der Waals surface area contributed by atoms with E-state index in [1.807, 2.05) is 32.0 Å². The highest BCUT2D eigenvalue weighted by Crippen LogP contribution is 2.24. The van der Waals surface area contributed by atoms with Crippen LogP contribution in [0, 0.1) is 11.7 Å². The van der Waals surface area contributed by atoms with Crippen LogP contribution in [0.4, 0.5) is 4.39 Å². The third-order valence-corrected chi connectivity index (χ3v) is 6.89. The van der Waals surface area contributed by atoms with E-state index in [0.29, 0.717) is 18.0 Å². The van der Waals surface area contributed by atoms with Crippen molar-refractivity contribution in [1.29, 1.82) is 0 Å². The Morgan fingerprint density at radius 3 is 2.62 bits per heavy atom. The topological polar surface area (TPSA) is 63.2 Å². The van der Waals surface area contributed by atoms with E-state index < -0.39 is 15.7 Å². The van der Waals surface area contributed by atoms with Crippen molar-refractivity contribution in [3.63, 3.8) is 0 Å². The molecule has 0 saturated heterocycles. The number of hydrogen-bond acceptors (Lipinski definition) is 4. The van der Waals surface area contributed by atoms with Gasteiger partial charge in [-0.1, -0.05) is 38.1 Å². The number of fused-ring (bicyclic) bond motifs is 1. The quantitative estimate of drug-likeness (QED) is 0.740. The van der Waals surface area contributed by atoms with Crippen molar-refractivity contribution in [2.45, 2.75) is 63.3 Å². The third-order valence-electron chi connectivity index (χ3n) is 5.20.